The summed E-state index contributed by atoms with van der Waals surface area (Å²) in [5.74, 6) is 0.712. The van der Waals surface area contributed by atoms with E-state index in [-0.39, 0.29) is 5.78 Å². The van der Waals surface area contributed by atoms with E-state index in [2.05, 4.69) is 4.98 Å². The SMILES string of the molecule is CCOc1ccccc1C(=O)Cc1ccncc1. The predicted molar refractivity (Wildman–Crippen MR) is 69.9 cm³/mol. The molecule has 0 N–H and O–H groups in total. The Balaban J connectivity index is 2.19. The quantitative estimate of drug-likeness (QED) is 0.755. The Morgan fingerprint density at radius 3 is 2.61 bits per heavy atom. The second kappa shape index (κ2) is 5.96. The minimum Gasteiger partial charge on any atom is -0.493 e. The highest BCUT2D eigenvalue weighted by molar-refractivity contribution is 5.99. The van der Waals surface area contributed by atoms with Crippen molar-refractivity contribution in [1.82, 2.24) is 4.98 Å². The molecule has 1 heterocycles. The van der Waals surface area contributed by atoms with Crippen molar-refractivity contribution < 1.29 is 9.53 Å². The summed E-state index contributed by atoms with van der Waals surface area (Å²) in [7, 11) is 0. The lowest BCUT2D eigenvalue weighted by molar-refractivity contribution is 0.0989. The van der Waals surface area contributed by atoms with E-state index in [1.54, 1.807) is 18.5 Å². The molecule has 2 rings (SSSR count). The standard InChI is InChI=1S/C15H15NO2/c1-2-18-15-6-4-3-5-13(15)14(17)11-12-7-9-16-10-8-12/h3-10H,2,11H2,1H3. The summed E-state index contributed by atoms with van der Waals surface area (Å²) in [4.78, 5) is 16.1. The summed E-state index contributed by atoms with van der Waals surface area (Å²) in [5.41, 5.74) is 1.59. The van der Waals surface area contributed by atoms with Crippen LogP contribution in [0.25, 0.3) is 0 Å². The summed E-state index contributed by atoms with van der Waals surface area (Å²) in [6.07, 6.45) is 3.75. The first-order valence-electron chi connectivity index (χ1n) is 5.95. The molecule has 92 valence electrons. The fraction of sp³-hybridized carbons (Fsp3) is 0.200. The largest absolute Gasteiger partial charge is 0.493 e. The second-order valence-corrected chi connectivity index (χ2v) is 3.88. The molecule has 0 bridgehead atoms. The van der Waals surface area contributed by atoms with Crippen molar-refractivity contribution >= 4 is 5.78 Å². The van der Waals surface area contributed by atoms with Crippen LogP contribution in [0.2, 0.25) is 0 Å². The van der Waals surface area contributed by atoms with Crippen LogP contribution in [0.15, 0.2) is 48.8 Å². The highest BCUT2D eigenvalue weighted by Crippen LogP contribution is 2.19. The smallest absolute Gasteiger partial charge is 0.170 e. The van der Waals surface area contributed by atoms with Crippen molar-refractivity contribution in [2.45, 2.75) is 13.3 Å². The molecule has 1 aromatic heterocycles. The number of carbonyl (C=O) groups excluding carboxylic acids is 1. The molecule has 18 heavy (non-hydrogen) atoms. The Morgan fingerprint density at radius 1 is 1.17 bits per heavy atom. The zero-order valence-corrected chi connectivity index (χ0v) is 10.3. The first-order valence-corrected chi connectivity index (χ1v) is 5.95. The van der Waals surface area contributed by atoms with E-state index in [1.807, 2.05) is 37.3 Å². The lowest BCUT2D eigenvalue weighted by Crippen LogP contribution is -2.06. The summed E-state index contributed by atoms with van der Waals surface area (Å²) >= 11 is 0. The number of ketones is 1. The normalized spacial score (nSPS) is 10.1. The lowest BCUT2D eigenvalue weighted by atomic mass is 10.0. The fourth-order valence-electron chi connectivity index (χ4n) is 1.76. The van der Waals surface area contributed by atoms with Crippen LogP contribution < -0.4 is 4.74 Å². The third kappa shape index (κ3) is 2.94. The first-order chi connectivity index (χ1) is 8.81. The van der Waals surface area contributed by atoms with Crippen LogP contribution in [0.5, 0.6) is 5.75 Å². The molecule has 2 aromatic rings. The minimum atomic E-state index is 0.0604. The molecule has 0 unspecified atom stereocenters. The molecule has 3 nitrogen and oxygen atoms in total. The van der Waals surface area contributed by atoms with Crippen molar-refractivity contribution in [3.05, 3.63) is 59.9 Å². The van der Waals surface area contributed by atoms with Gasteiger partial charge in [0, 0.05) is 18.8 Å². The third-order valence-corrected chi connectivity index (χ3v) is 2.60. The second-order valence-electron chi connectivity index (χ2n) is 3.88. The summed E-state index contributed by atoms with van der Waals surface area (Å²) in [5, 5.41) is 0. The molecular formula is C15H15NO2. The Hall–Kier alpha value is -2.16. The number of carbonyl (C=O) groups is 1. The van der Waals surface area contributed by atoms with Gasteiger partial charge in [-0.2, -0.15) is 0 Å². The zero-order valence-electron chi connectivity index (χ0n) is 10.3. The first kappa shape index (κ1) is 12.3. The number of Topliss-reactive ketones (excluding diaryl/α,β-unsaturated/α-hetero) is 1. The van der Waals surface area contributed by atoms with Gasteiger partial charge in [-0.1, -0.05) is 12.1 Å². The maximum absolute atomic E-state index is 12.2. The average molecular weight is 241 g/mol. The Labute approximate surface area is 106 Å². The van der Waals surface area contributed by atoms with Gasteiger partial charge in [-0.25, -0.2) is 0 Å². The zero-order chi connectivity index (χ0) is 12.8. The molecular weight excluding hydrogens is 226 g/mol. The summed E-state index contributed by atoms with van der Waals surface area (Å²) in [6, 6.07) is 11.0. The van der Waals surface area contributed by atoms with Crippen molar-refractivity contribution in [3.63, 3.8) is 0 Å². The number of para-hydroxylation sites is 1. The van der Waals surface area contributed by atoms with E-state index in [0.29, 0.717) is 24.3 Å². The number of benzene rings is 1. The number of hydrogen-bond donors (Lipinski definition) is 0. The van der Waals surface area contributed by atoms with E-state index in [9.17, 15) is 4.79 Å². The number of nitrogens with zero attached hydrogens (tertiary/aromatic N) is 1. The molecule has 0 aliphatic carbocycles. The van der Waals surface area contributed by atoms with Crippen LogP contribution in [-0.4, -0.2) is 17.4 Å². The number of pyridine rings is 1. The van der Waals surface area contributed by atoms with Crippen molar-refractivity contribution in [3.8, 4) is 5.75 Å². The van der Waals surface area contributed by atoms with Gasteiger partial charge in [-0.15, -0.1) is 0 Å². The van der Waals surface area contributed by atoms with Gasteiger partial charge in [0.2, 0.25) is 0 Å². The van der Waals surface area contributed by atoms with Gasteiger partial charge < -0.3 is 4.74 Å². The fourth-order valence-corrected chi connectivity index (χ4v) is 1.76. The number of ether oxygens (including phenoxy) is 1. The molecule has 0 atom stereocenters. The number of hydrogen-bond acceptors (Lipinski definition) is 3. The Morgan fingerprint density at radius 2 is 1.89 bits per heavy atom. The van der Waals surface area contributed by atoms with Gasteiger partial charge in [0.05, 0.1) is 12.2 Å². The molecule has 0 spiro atoms. The molecule has 0 saturated carbocycles. The number of rotatable bonds is 5. The minimum absolute atomic E-state index is 0.0604. The van der Waals surface area contributed by atoms with Crippen LogP contribution >= 0.6 is 0 Å². The molecule has 0 aliphatic heterocycles. The topological polar surface area (TPSA) is 39.2 Å². The molecule has 0 amide bonds. The van der Waals surface area contributed by atoms with Gasteiger partial charge in [0.1, 0.15) is 5.75 Å². The maximum atomic E-state index is 12.2. The highest BCUT2D eigenvalue weighted by Gasteiger charge is 2.12. The lowest BCUT2D eigenvalue weighted by Gasteiger charge is -2.08. The van der Waals surface area contributed by atoms with Crippen LogP contribution in [0.4, 0.5) is 0 Å². The van der Waals surface area contributed by atoms with Crippen LogP contribution in [0, 0.1) is 0 Å². The maximum Gasteiger partial charge on any atom is 0.170 e. The molecule has 0 radical (unpaired) electrons. The number of aromatic nitrogens is 1. The van der Waals surface area contributed by atoms with E-state index in [4.69, 9.17) is 4.74 Å². The summed E-state index contributed by atoms with van der Waals surface area (Å²) < 4.78 is 5.46. The van der Waals surface area contributed by atoms with Crippen LogP contribution in [0.3, 0.4) is 0 Å². The third-order valence-electron chi connectivity index (χ3n) is 2.60. The molecule has 0 aliphatic rings. The Bertz CT molecular complexity index is 523. The van der Waals surface area contributed by atoms with Crippen LogP contribution in [0.1, 0.15) is 22.8 Å². The van der Waals surface area contributed by atoms with Crippen molar-refractivity contribution in [2.24, 2.45) is 0 Å². The van der Waals surface area contributed by atoms with Gasteiger partial charge >= 0.3 is 0 Å². The average Bonchev–Trinajstić information content (AvgIpc) is 2.41. The van der Waals surface area contributed by atoms with E-state index < -0.39 is 0 Å². The van der Waals surface area contributed by atoms with Gasteiger partial charge in [-0.3, -0.25) is 9.78 Å². The monoisotopic (exact) mass is 241 g/mol. The molecule has 0 saturated heterocycles. The van der Waals surface area contributed by atoms with Gasteiger partial charge in [0.15, 0.2) is 5.78 Å². The van der Waals surface area contributed by atoms with E-state index >= 15 is 0 Å². The predicted octanol–water partition coefficient (Wildman–Crippen LogP) is 2.91. The summed E-state index contributed by atoms with van der Waals surface area (Å²) in [6.45, 7) is 2.46. The van der Waals surface area contributed by atoms with E-state index in [1.165, 1.54) is 0 Å². The van der Waals surface area contributed by atoms with Gasteiger partial charge in [0.25, 0.3) is 0 Å². The van der Waals surface area contributed by atoms with E-state index in [0.717, 1.165) is 5.56 Å². The highest BCUT2D eigenvalue weighted by atomic mass is 16.5. The van der Waals surface area contributed by atoms with Crippen molar-refractivity contribution in [1.29, 1.82) is 0 Å². The van der Waals surface area contributed by atoms with Crippen molar-refractivity contribution in [2.75, 3.05) is 6.61 Å². The molecule has 3 heteroatoms. The Kier molecular flexibility index (Phi) is 4.07. The molecule has 1 aromatic carbocycles. The molecule has 0 fully saturated rings. The van der Waals surface area contributed by atoms with Gasteiger partial charge in [-0.05, 0) is 36.8 Å². The van der Waals surface area contributed by atoms with Crippen LogP contribution in [-0.2, 0) is 6.42 Å².